The Morgan fingerprint density at radius 3 is 2.65 bits per heavy atom. The molecule has 9 heteroatoms. The molecule has 0 spiro atoms. The van der Waals surface area contributed by atoms with Gasteiger partial charge in [0.25, 0.3) is 10.0 Å². The first-order valence-corrected chi connectivity index (χ1v) is 7.59. The molecule has 0 radical (unpaired) electrons. The van der Waals surface area contributed by atoms with Crippen molar-refractivity contribution in [3.8, 4) is 0 Å². The molecule has 0 amide bonds. The van der Waals surface area contributed by atoms with Crippen molar-refractivity contribution >= 4 is 15.7 Å². The average Bonchev–Trinajstić information content (AvgIpc) is 2.84. The first kappa shape index (κ1) is 14.5. The smallest absolute Gasteiger partial charge is 0.265 e. The van der Waals surface area contributed by atoms with Gasteiger partial charge in [0.05, 0.1) is 29.8 Å². The normalized spacial score (nSPS) is 11.8. The van der Waals surface area contributed by atoms with E-state index >= 15 is 0 Å². The summed E-state index contributed by atoms with van der Waals surface area (Å²) in [5.74, 6) is 0. The van der Waals surface area contributed by atoms with Gasteiger partial charge >= 0.3 is 0 Å². The van der Waals surface area contributed by atoms with Gasteiger partial charge in [-0.15, -0.1) is 0 Å². The molecule has 8 nitrogen and oxygen atoms in total. The number of aryl methyl sites for hydroxylation is 2. The minimum Gasteiger partial charge on any atom is -0.329 e. The lowest BCUT2D eigenvalue weighted by atomic mass is 10.4. The van der Waals surface area contributed by atoms with E-state index in [0.717, 1.165) is 0 Å². The second-order valence-corrected chi connectivity index (χ2v) is 6.14. The molecule has 0 aliphatic heterocycles. The fraction of sp³-hybridized carbons (Fsp3) is 0.455. The Balaban J connectivity index is 2.39. The molecule has 2 aromatic heterocycles. The lowest BCUT2D eigenvalue weighted by Gasteiger charge is -2.06. The van der Waals surface area contributed by atoms with E-state index in [-0.39, 0.29) is 4.90 Å². The van der Waals surface area contributed by atoms with Crippen LogP contribution in [0.3, 0.4) is 0 Å². The van der Waals surface area contributed by atoms with Crippen LogP contribution in [0.4, 0.5) is 5.69 Å². The number of hydrogen-bond acceptors (Lipinski definition) is 5. The van der Waals surface area contributed by atoms with Gasteiger partial charge < -0.3 is 5.73 Å². The van der Waals surface area contributed by atoms with Crippen LogP contribution in [0, 0.1) is 13.8 Å². The van der Waals surface area contributed by atoms with Gasteiger partial charge in [-0.05, 0) is 13.8 Å². The van der Waals surface area contributed by atoms with Crippen molar-refractivity contribution in [1.29, 1.82) is 0 Å². The summed E-state index contributed by atoms with van der Waals surface area (Å²) in [5.41, 5.74) is 6.93. The first-order chi connectivity index (χ1) is 9.35. The third-order valence-electron chi connectivity index (χ3n) is 2.88. The highest BCUT2D eigenvalue weighted by atomic mass is 32.2. The lowest BCUT2D eigenvalue weighted by Crippen LogP contribution is -2.16. The number of rotatable bonds is 5. The molecule has 0 aliphatic carbocycles. The lowest BCUT2D eigenvalue weighted by molar-refractivity contribution is 0.593. The van der Waals surface area contributed by atoms with Crippen molar-refractivity contribution in [1.82, 2.24) is 19.6 Å². The summed E-state index contributed by atoms with van der Waals surface area (Å²) in [4.78, 5) is 0.190. The number of nitrogens with zero attached hydrogens (tertiary/aromatic N) is 4. The molecule has 0 aromatic carbocycles. The van der Waals surface area contributed by atoms with E-state index in [4.69, 9.17) is 5.73 Å². The molecule has 2 aromatic rings. The fourth-order valence-electron chi connectivity index (χ4n) is 2.09. The maximum absolute atomic E-state index is 12.4. The van der Waals surface area contributed by atoms with Crippen molar-refractivity contribution in [2.24, 2.45) is 12.8 Å². The van der Waals surface area contributed by atoms with Crippen molar-refractivity contribution < 1.29 is 8.42 Å². The van der Waals surface area contributed by atoms with Crippen LogP contribution in [0.25, 0.3) is 0 Å². The minimum absolute atomic E-state index is 0.190. The fourth-order valence-corrected chi connectivity index (χ4v) is 3.53. The Hall–Kier alpha value is -1.87. The van der Waals surface area contributed by atoms with E-state index in [2.05, 4.69) is 14.9 Å². The van der Waals surface area contributed by atoms with E-state index in [9.17, 15) is 8.42 Å². The number of aromatic nitrogens is 4. The second-order valence-electron chi connectivity index (χ2n) is 4.52. The van der Waals surface area contributed by atoms with E-state index in [1.54, 1.807) is 31.8 Å². The van der Waals surface area contributed by atoms with Crippen LogP contribution >= 0.6 is 0 Å². The Labute approximate surface area is 117 Å². The molecule has 0 saturated carbocycles. The van der Waals surface area contributed by atoms with Gasteiger partial charge in [0, 0.05) is 19.8 Å². The zero-order valence-electron chi connectivity index (χ0n) is 11.7. The highest BCUT2D eigenvalue weighted by Gasteiger charge is 2.24. The summed E-state index contributed by atoms with van der Waals surface area (Å²) in [5, 5.41) is 8.14. The van der Waals surface area contributed by atoms with Crippen LogP contribution < -0.4 is 10.5 Å². The van der Waals surface area contributed by atoms with E-state index < -0.39 is 10.0 Å². The quantitative estimate of drug-likeness (QED) is 0.807. The van der Waals surface area contributed by atoms with Gasteiger partial charge in [-0.25, -0.2) is 8.42 Å². The van der Waals surface area contributed by atoms with Gasteiger partial charge in [-0.2, -0.15) is 10.2 Å². The number of nitrogens with two attached hydrogens (primary N) is 1. The van der Waals surface area contributed by atoms with Gasteiger partial charge in [-0.3, -0.25) is 14.1 Å². The zero-order valence-corrected chi connectivity index (χ0v) is 12.5. The van der Waals surface area contributed by atoms with Crippen molar-refractivity contribution in [2.75, 3.05) is 11.3 Å². The molecular weight excluding hydrogens is 280 g/mol. The van der Waals surface area contributed by atoms with Gasteiger partial charge in [0.1, 0.15) is 4.90 Å². The molecule has 2 heterocycles. The standard InChI is InChI=1S/C11H18N6O2S/c1-8-11(9(2)17(14-8)5-4-12)20(18,19)15-10-6-13-16(3)7-10/h6-7,15H,4-5,12H2,1-3H3. The second kappa shape index (κ2) is 5.25. The summed E-state index contributed by atoms with van der Waals surface area (Å²) in [6.07, 6.45) is 3.04. The molecule has 20 heavy (non-hydrogen) atoms. The molecule has 0 bridgehead atoms. The number of sulfonamides is 1. The third kappa shape index (κ3) is 2.68. The van der Waals surface area contributed by atoms with Crippen molar-refractivity contribution in [3.63, 3.8) is 0 Å². The van der Waals surface area contributed by atoms with E-state index in [0.29, 0.717) is 30.2 Å². The van der Waals surface area contributed by atoms with E-state index in [1.807, 2.05) is 0 Å². The molecule has 2 rings (SSSR count). The summed E-state index contributed by atoms with van der Waals surface area (Å²) in [7, 11) is -1.97. The maximum Gasteiger partial charge on any atom is 0.265 e. The Kier molecular flexibility index (Phi) is 3.82. The van der Waals surface area contributed by atoms with Crippen LogP contribution in [-0.4, -0.2) is 34.5 Å². The topological polar surface area (TPSA) is 108 Å². The SMILES string of the molecule is Cc1nn(CCN)c(C)c1S(=O)(=O)Nc1cnn(C)c1. The Bertz CT molecular complexity index is 715. The zero-order chi connectivity index (χ0) is 14.9. The Morgan fingerprint density at radius 2 is 2.10 bits per heavy atom. The van der Waals surface area contributed by atoms with Gasteiger partial charge in [0.2, 0.25) is 0 Å². The van der Waals surface area contributed by atoms with Crippen LogP contribution in [-0.2, 0) is 23.6 Å². The molecule has 0 aliphatic rings. The summed E-state index contributed by atoms with van der Waals surface area (Å²) < 4.78 is 30.5. The summed E-state index contributed by atoms with van der Waals surface area (Å²) in [6.45, 7) is 4.26. The predicted octanol–water partition coefficient (Wildman–Crippen LogP) is -0.00706. The van der Waals surface area contributed by atoms with Crippen molar-refractivity contribution in [2.45, 2.75) is 25.3 Å². The van der Waals surface area contributed by atoms with Crippen LogP contribution in [0.5, 0.6) is 0 Å². The number of hydrogen-bond donors (Lipinski definition) is 2. The number of anilines is 1. The average molecular weight is 298 g/mol. The van der Waals surface area contributed by atoms with Gasteiger partial charge in [-0.1, -0.05) is 0 Å². The largest absolute Gasteiger partial charge is 0.329 e. The van der Waals surface area contributed by atoms with Crippen LogP contribution in [0.2, 0.25) is 0 Å². The monoisotopic (exact) mass is 298 g/mol. The summed E-state index contributed by atoms with van der Waals surface area (Å²) >= 11 is 0. The highest BCUT2D eigenvalue weighted by Crippen LogP contribution is 2.22. The number of nitrogens with one attached hydrogen (secondary N) is 1. The molecular formula is C11H18N6O2S. The molecule has 3 N–H and O–H groups in total. The minimum atomic E-state index is -3.69. The van der Waals surface area contributed by atoms with Crippen LogP contribution in [0.1, 0.15) is 11.4 Å². The predicted molar refractivity (Wildman–Crippen MR) is 74.8 cm³/mol. The van der Waals surface area contributed by atoms with Crippen LogP contribution in [0.15, 0.2) is 17.3 Å². The highest BCUT2D eigenvalue weighted by molar-refractivity contribution is 7.92. The maximum atomic E-state index is 12.4. The summed E-state index contributed by atoms with van der Waals surface area (Å²) in [6, 6.07) is 0. The Morgan fingerprint density at radius 1 is 1.40 bits per heavy atom. The molecule has 0 fully saturated rings. The third-order valence-corrected chi connectivity index (χ3v) is 4.51. The molecule has 0 saturated heterocycles. The molecule has 0 unspecified atom stereocenters. The van der Waals surface area contributed by atoms with Gasteiger partial charge in [0.15, 0.2) is 0 Å². The molecule has 0 atom stereocenters. The first-order valence-electron chi connectivity index (χ1n) is 6.10. The van der Waals surface area contributed by atoms with Crippen molar-refractivity contribution in [3.05, 3.63) is 23.8 Å². The van der Waals surface area contributed by atoms with E-state index in [1.165, 1.54) is 10.9 Å². The molecule has 110 valence electrons.